The molecule has 0 aromatic rings. The Labute approximate surface area is 110 Å². The summed E-state index contributed by atoms with van der Waals surface area (Å²) in [5.41, 5.74) is 4.62. The average Bonchev–Trinajstić information content (AvgIpc) is 2.87. The van der Waals surface area contributed by atoms with Crippen LogP contribution in [0, 0.1) is 5.41 Å². The summed E-state index contributed by atoms with van der Waals surface area (Å²) in [5.74, 6) is -0.447. The minimum absolute atomic E-state index is 0.00231. The van der Waals surface area contributed by atoms with Crippen LogP contribution < -0.4 is 11.1 Å². The van der Waals surface area contributed by atoms with E-state index in [1.807, 2.05) is 0 Å². The van der Waals surface area contributed by atoms with Gasteiger partial charge in [0.25, 0.3) is 6.43 Å². The molecule has 1 aliphatic rings. The summed E-state index contributed by atoms with van der Waals surface area (Å²) in [6, 6.07) is 0. The molecule has 1 saturated carbocycles. The number of nitrogens with two attached hydrogens (primary N) is 1. The van der Waals surface area contributed by atoms with E-state index in [2.05, 4.69) is 15.2 Å². The third-order valence-electron chi connectivity index (χ3n) is 3.27. The zero-order chi connectivity index (χ0) is 14.3. The van der Waals surface area contributed by atoms with Crippen molar-refractivity contribution in [2.24, 2.45) is 16.3 Å². The maximum absolute atomic E-state index is 12.1. The molecule has 0 radical (unpaired) electrons. The monoisotopic (exact) mass is 279 g/mol. The molecule has 0 aliphatic heterocycles. The van der Waals surface area contributed by atoms with E-state index in [-0.39, 0.29) is 24.9 Å². The number of nitrogens with one attached hydrogen (secondary N) is 1. The number of nitrogens with zero attached hydrogens (tertiary/aromatic N) is 1. The average molecular weight is 279 g/mol. The topological polar surface area (TPSA) is 96.9 Å². The van der Waals surface area contributed by atoms with Gasteiger partial charge in [0.2, 0.25) is 5.91 Å². The quantitative estimate of drug-likeness (QED) is 0.210. The predicted octanol–water partition coefficient (Wildman–Crippen LogP) is 0.691. The molecule has 1 aliphatic carbocycles. The Bertz CT molecular complexity index is 331. The van der Waals surface area contributed by atoms with Crippen LogP contribution in [0.1, 0.15) is 25.7 Å². The fourth-order valence-electron chi connectivity index (χ4n) is 2.25. The number of hydrogen-bond acceptors (Lipinski definition) is 4. The van der Waals surface area contributed by atoms with E-state index in [0.29, 0.717) is 12.8 Å². The summed E-state index contributed by atoms with van der Waals surface area (Å²) in [7, 11) is 0. The molecule has 1 fully saturated rings. The van der Waals surface area contributed by atoms with Gasteiger partial charge in [0.05, 0.1) is 6.61 Å². The Hall–Kier alpha value is -1.44. The van der Waals surface area contributed by atoms with Crippen molar-refractivity contribution in [3.8, 4) is 0 Å². The van der Waals surface area contributed by atoms with E-state index in [1.54, 1.807) is 0 Å². The first-order chi connectivity index (χ1) is 9.03. The van der Waals surface area contributed by atoms with Gasteiger partial charge in [0.15, 0.2) is 5.84 Å². The van der Waals surface area contributed by atoms with Crippen LogP contribution in [0.15, 0.2) is 5.16 Å². The Balaban J connectivity index is 2.42. The van der Waals surface area contributed by atoms with Gasteiger partial charge in [-0.3, -0.25) is 4.79 Å². The maximum Gasteiger partial charge on any atom is 0.261 e. The SMILES string of the molecule is NC(=NO)C1(C(=O)NCCOCC(F)F)CCCC1. The Kier molecular flexibility index (Phi) is 5.94. The van der Waals surface area contributed by atoms with E-state index < -0.39 is 18.4 Å². The Morgan fingerprint density at radius 1 is 1.47 bits per heavy atom. The van der Waals surface area contributed by atoms with Crippen LogP contribution in [0.2, 0.25) is 0 Å². The van der Waals surface area contributed by atoms with Gasteiger partial charge in [0, 0.05) is 6.54 Å². The van der Waals surface area contributed by atoms with Crippen molar-refractivity contribution in [3.05, 3.63) is 0 Å². The van der Waals surface area contributed by atoms with E-state index in [4.69, 9.17) is 10.9 Å². The number of carbonyl (C=O) groups is 1. The summed E-state index contributed by atoms with van der Waals surface area (Å²) in [5, 5.41) is 14.3. The van der Waals surface area contributed by atoms with Crippen molar-refractivity contribution < 1.29 is 23.5 Å². The minimum Gasteiger partial charge on any atom is -0.409 e. The Morgan fingerprint density at radius 3 is 2.63 bits per heavy atom. The molecule has 0 heterocycles. The van der Waals surface area contributed by atoms with Crippen LogP contribution >= 0.6 is 0 Å². The van der Waals surface area contributed by atoms with Gasteiger partial charge in [-0.15, -0.1) is 0 Å². The second-order valence-electron chi connectivity index (χ2n) is 4.50. The zero-order valence-electron chi connectivity index (χ0n) is 10.6. The molecule has 0 bridgehead atoms. The fourth-order valence-corrected chi connectivity index (χ4v) is 2.25. The molecule has 1 rings (SSSR count). The normalized spacial score (nSPS) is 18.8. The molecule has 0 aromatic heterocycles. The standard InChI is InChI=1S/C11H19F2N3O3/c12-8(13)7-19-6-5-15-10(17)11(9(14)16-18)3-1-2-4-11/h8,18H,1-7H2,(H2,14,16)(H,15,17). The molecule has 0 saturated heterocycles. The number of alkyl halides is 2. The van der Waals surface area contributed by atoms with Gasteiger partial charge in [0.1, 0.15) is 12.0 Å². The predicted molar refractivity (Wildman–Crippen MR) is 64.1 cm³/mol. The molecule has 0 atom stereocenters. The first-order valence-electron chi connectivity index (χ1n) is 6.15. The van der Waals surface area contributed by atoms with E-state index >= 15 is 0 Å². The Morgan fingerprint density at radius 2 is 2.11 bits per heavy atom. The van der Waals surface area contributed by atoms with Gasteiger partial charge in [-0.25, -0.2) is 8.78 Å². The largest absolute Gasteiger partial charge is 0.409 e. The van der Waals surface area contributed by atoms with Crippen molar-refractivity contribution in [3.63, 3.8) is 0 Å². The summed E-state index contributed by atoms with van der Waals surface area (Å²) in [4.78, 5) is 12.1. The van der Waals surface area contributed by atoms with Crippen LogP contribution in [-0.4, -0.2) is 43.1 Å². The smallest absolute Gasteiger partial charge is 0.261 e. The molecule has 110 valence electrons. The minimum atomic E-state index is -2.52. The van der Waals surface area contributed by atoms with Crippen LogP contribution in [-0.2, 0) is 9.53 Å². The van der Waals surface area contributed by atoms with Crippen molar-refractivity contribution >= 4 is 11.7 Å². The van der Waals surface area contributed by atoms with E-state index in [1.165, 1.54) is 0 Å². The second-order valence-corrected chi connectivity index (χ2v) is 4.50. The molecule has 8 heteroatoms. The highest BCUT2D eigenvalue weighted by molar-refractivity contribution is 6.07. The van der Waals surface area contributed by atoms with Crippen molar-refractivity contribution in [2.75, 3.05) is 19.8 Å². The number of oxime groups is 1. The van der Waals surface area contributed by atoms with Gasteiger partial charge < -0.3 is 21.0 Å². The molecule has 0 aromatic carbocycles. The molecule has 0 unspecified atom stereocenters. The van der Waals surface area contributed by atoms with Crippen LogP contribution in [0.4, 0.5) is 8.78 Å². The number of ether oxygens (including phenoxy) is 1. The summed E-state index contributed by atoms with van der Waals surface area (Å²) in [6.07, 6.45) is 0.171. The van der Waals surface area contributed by atoms with Crippen LogP contribution in [0.25, 0.3) is 0 Å². The van der Waals surface area contributed by atoms with Crippen molar-refractivity contribution in [1.82, 2.24) is 5.32 Å². The van der Waals surface area contributed by atoms with Crippen LogP contribution in [0.5, 0.6) is 0 Å². The first-order valence-corrected chi connectivity index (χ1v) is 6.15. The highest BCUT2D eigenvalue weighted by Crippen LogP contribution is 2.38. The summed E-state index contributed by atoms with van der Waals surface area (Å²) >= 11 is 0. The molecular formula is C11H19F2N3O3. The number of halogens is 2. The van der Waals surface area contributed by atoms with Gasteiger partial charge in [-0.05, 0) is 12.8 Å². The molecule has 0 spiro atoms. The van der Waals surface area contributed by atoms with E-state index in [9.17, 15) is 13.6 Å². The molecule has 1 amide bonds. The summed E-state index contributed by atoms with van der Waals surface area (Å²) < 4.78 is 28.3. The van der Waals surface area contributed by atoms with E-state index in [0.717, 1.165) is 12.8 Å². The second kappa shape index (κ2) is 7.22. The third kappa shape index (κ3) is 4.02. The van der Waals surface area contributed by atoms with Crippen LogP contribution in [0.3, 0.4) is 0 Å². The number of carbonyl (C=O) groups excluding carboxylic acids is 1. The van der Waals surface area contributed by atoms with Gasteiger partial charge in [-0.2, -0.15) is 0 Å². The lowest BCUT2D eigenvalue weighted by Gasteiger charge is -2.25. The van der Waals surface area contributed by atoms with Gasteiger partial charge in [-0.1, -0.05) is 18.0 Å². The lowest BCUT2D eigenvalue weighted by Crippen LogP contribution is -2.48. The van der Waals surface area contributed by atoms with Crippen molar-refractivity contribution in [2.45, 2.75) is 32.1 Å². The van der Waals surface area contributed by atoms with Crippen molar-refractivity contribution in [1.29, 1.82) is 0 Å². The fraction of sp³-hybridized carbons (Fsp3) is 0.818. The number of amidine groups is 1. The third-order valence-corrected chi connectivity index (χ3v) is 3.27. The summed E-state index contributed by atoms with van der Waals surface area (Å²) in [6.45, 7) is -0.532. The maximum atomic E-state index is 12.1. The molecule has 4 N–H and O–H groups in total. The molecule has 19 heavy (non-hydrogen) atoms. The highest BCUT2D eigenvalue weighted by atomic mass is 19.3. The number of amides is 1. The number of rotatable bonds is 7. The molecular weight excluding hydrogens is 260 g/mol. The first kappa shape index (κ1) is 15.6. The number of hydrogen-bond donors (Lipinski definition) is 3. The lowest BCUT2D eigenvalue weighted by molar-refractivity contribution is -0.127. The van der Waals surface area contributed by atoms with Gasteiger partial charge >= 0.3 is 0 Å². The lowest BCUT2D eigenvalue weighted by atomic mass is 9.84. The highest BCUT2D eigenvalue weighted by Gasteiger charge is 2.45. The zero-order valence-corrected chi connectivity index (χ0v) is 10.6. The molecule has 6 nitrogen and oxygen atoms in total.